The van der Waals surface area contributed by atoms with Gasteiger partial charge in [-0.1, -0.05) is 31.4 Å². The van der Waals surface area contributed by atoms with E-state index >= 15 is 0 Å². The smallest absolute Gasteiger partial charge is 0.346 e. The SMILES string of the molecule is CCCCCC(=O)OCOP(=O)(O)CS(=O)(=O)C[C@H]1O[C@@H](n2ccc3c(NC4CC(F)C4)c(C#N)c(Cl)nc32)[C@@H]2OC(C)(C)O[C@@H]21. The number of rotatable bonds is 14. The number of unbranched alkanes of at least 4 members (excludes halogenated alkanes) is 2. The van der Waals surface area contributed by atoms with Crippen molar-refractivity contribution in [1.82, 2.24) is 9.55 Å². The second-order valence-corrected chi connectivity index (χ2v) is 16.9. The number of aromatic nitrogens is 2. The fourth-order valence-electron chi connectivity index (χ4n) is 5.84. The average molecular weight is 707 g/mol. The Morgan fingerprint density at radius 2 is 2.04 bits per heavy atom. The molecule has 0 aromatic carbocycles. The summed E-state index contributed by atoms with van der Waals surface area (Å²) in [6.07, 6.45) is -0.0982. The van der Waals surface area contributed by atoms with Crippen molar-refractivity contribution >= 4 is 51.7 Å². The molecule has 46 heavy (non-hydrogen) atoms. The van der Waals surface area contributed by atoms with E-state index < -0.39 is 77.9 Å². The van der Waals surface area contributed by atoms with Crippen molar-refractivity contribution in [2.45, 2.75) is 102 Å². The van der Waals surface area contributed by atoms with Crippen LogP contribution in [0.15, 0.2) is 12.3 Å². The summed E-state index contributed by atoms with van der Waals surface area (Å²) in [5.74, 6) is -2.44. The van der Waals surface area contributed by atoms with Crippen LogP contribution in [-0.2, 0) is 42.7 Å². The van der Waals surface area contributed by atoms with Gasteiger partial charge in [-0.25, -0.2) is 17.8 Å². The number of nitriles is 1. The number of ether oxygens (including phenoxy) is 4. The first kappa shape index (κ1) is 35.0. The van der Waals surface area contributed by atoms with Crippen molar-refractivity contribution in [2.75, 3.05) is 23.4 Å². The second-order valence-electron chi connectivity index (χ2n) is 12.2. The quantitative estimate of drug-likeness (QED) is 0.0917. The molecule has 1 unspecified atom stereocenters. The van der Waals surface area contributed by atoms with Crippen LogP contribution in [0.5, 0.6) is 0 Å². The lowest BCUT2D eigenvalue weighted by Crippen LogP contribution is -2.36. The Labute approximate surface area is 270 Å². The molecule has 14 nitrogen and oxygen atoms in total. The predicted octanol–water partition coefficient (Wildman–Crippen LogP) is 4.55. The number of esters is 1. The molecule has 2 aromatic rings. The first-order chi connectivity index (χ1) is 21.6. The topological polar surface area (TPSA) is 188 Å². The molecular formula is C28H37ClFN4O10PS. The van der Waals surface area contributed by atoms with Crippen molar-refractivity contribution in [3.05, 3.63) is 23.0 Å². The van der Waals surface area contributed by atoms with Crippen molar-refractivity contribution < 1.29 is 50.5 Å². The van der Waals surface area contributed by atoms with E-state index in [9.17, 15) is 32.3 Å². The molecule has 18 heteroatoms. The molecule has 0 spiro atoms. The van der Waals surface area contributed by atoms with Crippen LogP contribution in [0.2, 0.25) is 5.15 Å². The number of fused-ring (bicyclic) bond motifs is 2. The second kappa shape index (κ2) is 13.6. The van der Waals surface area contributed by atoms with E-state index in [1.54, 1.807) is 30.7 Å². The molecule has 0 amide bonds. The lowest BCUT2D eigenvalue weighted by molar-refractivity contribution is -0.193. The largest absolute Gasteiger partial charge is 0.438 e. The number of anilines is 1. The number of carbonyl (C=O) groups excluding carboxylic acids is 1. The monoisotopic (exact) mass is 706 g/mol. The molecular weight excluding hydrogens is 670 g/mol. The van der Waals surface area contributed by atoms with Crippen LogP contribution in [0.25, 0.3) is 11.0 Å². The summed E-state index contributed by atoms with van der Waals surface area (Å²) < 4.78 is 81.9. The molecule has 2 N–H and O–H groups in total. The number of nitrogens with one attached hydrogen (secondary N) is 1. The van der Waals surface area contributed by atoms with Gasteiger partial charge < -0.3 is 33.7 Å². The van der Waals surface area contributed by atoms with Gasteiger partial charge in [-0.05, 0) is 39.2 Å². The van der Waals surface area contributed by atoms with E-state index in [0.29, 0.717) is 23.1 Å². The first-order valence-electron chi connectivity index (χ1n) is 15.0. The predicted molar refractivity (Wildman–Crippen MR) is 163 cm³/mol. The Hall–Kier alpha value is -2.35. The van der Waals surface area contributed by atoms with Crippen LogP contribution in [0, 0.1) is 11.3 Å². The summed E-state index contributed by atoms with van der Waals surface area (Å²) in [5, 5.41) is 13.4. The molecule has 4 heterocycles. The molecule has 2 aromatic heterocycles. The zero-order chi connectivity index (χ0) is 33.4. The van der Waals surface area contributed by atoms with Crippen molar-refractivity contribution in [1.29, 1.82) is 5.26 Å². The molecule has 3 aliphatic rings. The summed E-state index contributed by atoms with van der Waals surface area (Å²) >= 11 is 6.41. The molecule has 1 aliphatic carbocycles. The summed E-state index contributed by atoms with van der Waals surface area (Å²) in [4.78, 5) is 26.4. The highest BCUT2D eigenvalue weighted by atomic mass is 35.5. The van der Waals surface area contributed by atoms with Crippen LogP contribution in [0.3, 0.4) is 0 Å². The Balaban J connectivity index is 1.32. The molecule has 5 atom stereocenters. The maximum atomic E-state index is 13.5. The summed E-state index contributed by atoms with van der Waals surface area (Å²) in [6.45, 7) is 4.43. The molecule has 0 radical (unpaired) electrons. The third-order valence-electron chi connectivity index (χ3n) is 7.99. The summed E-state index contributed by atoms with van der Waals surface area (Å²) in [7, 11) is -9.02. The minimum atomic E-state index is -4.72. The van der Waals surface area contributed by atoms with Crippen molar-refractivity contribution in [3.63, 3.8) is 0 Å². The van der Waals surface area contributed by atoms with E-state index in [-0.39, 0.29) is 36.0 Å². The molecule has 5 rings (SSSR count). The number of sulfone groups is 1. The Morgan fingerprint density at radius 3 is 2.72 bits per heavy atom. The number of nitrogens with zero attached hydrogens (tertiary/aromatic N) is 3. The van der Waals surface area contributed by atoms with Crippen LogP contribution < -0.4 is 5.32 Å². The van der Waals surface area contributed by atoms with E-state index in [2.05, 4.69) is 10.3 Å². The van der Waals surface area contributed by atoms with Gasteiger partial charge in [-0.2, -0.15) is 5.26 Å². The maximum Gasteiger partial charge on any atom is 0.346 e. The number of hydrogen-bond acceptors (Lipinski definition) is 12. The van der Waals surface area contributed by atoms with Crippen LogP contribution >= 0.6 is 19.2 Å². The fraction of sp³-hybridized carbons (Fsp3) is 0.679. The Bertz CT molecular complexity index is 1660. The molecule has 1 saturated carbocycles. The van der Waals surface area contributed by atoms with E-state index in [1.807, 2.05) is 13.0 Å². The number of hydrogen-bond donors (Lipinski definition) is 2. The summed E-state index contributed by atoms with van der Waals surface area (Å²) in [6, 6.07) is 3.54. The van der Waals surface area contributed by atoms with Crippen LogP contribution in [0.1, 0.15) is 71.1 Å². The van der Waals surface area contributed by atoms with Gasteiger partial charge in [0.05, 0.1) is 11.4 Å². The zero-order valence-corrected chi connectivity index (χ0v) is 28.0. The molecule has 3 fully saturated rings. The lowest BCUT2D eigenvalue weighted by Gasteiger charge is -2.31. The zero-order valence-electron chi connectivity index (χ0n) is 25.6. The van der Waals surface area contributed by atoms with Gasteiger partial charge in [0, 0.05) is 24.0 Å². The Morgan fingerprint density at radius 1 is 1.33 bits per heavy atom. The van der Waals surface area contributed by atoms with Crippen molar-refractivity contribution in [2.24, 2.45) is 0 Å². The lowest BCUT2D eigenvalue weighted by atomic mass is 9.90. The van der Waals surface area contributed by atoms with Crippen LogP contribution in [0.4, 0.5) is 10.1 Å². The molecule has 0 bridgehead atoms. The highest BCUT2D eigenvalue weighted by Crippen LogP contribution is 2.47. The number of carbonyl (C=O) groups is 1. The third-order valence-corrected chi connectivity index (χ3v) is 12.5. The van der Waals surface area contributed by atoms with Gasteiger partial charge in [0.2, 0.25) is 6.79 Å². The fourth-order valence-corrected chi connectivity index (χ4v) is 9.75. The first-order valence-corrected chi connectivity index (χ1v) is 18.9. The average Bonchev–Trinajstić information content (AvgIpc) is 3.58. The number of pyridine rings is 1. The number of halogens is 2. The van der Waals surface area contributed by atoms with Gasteiger partial charge in [0.15, 0.2) is 32.5 Å². The van der Waals surface area contributed by atoms with E-state index in [0.717, 1.165) is 12.8 Å². The molecule has 2 saturated heterocycles. The van der Waals surface area contributed by atoms with E-state index in [4.69, 9.17) is 35.1 Å². The van der Waals surface area contributed by atoms with E-state index in [1.165, 1.54) is 0 Å². The highest BCUT2D eigenvalue weighted by molar-refractivity contribution is 7.97. The molecule has 254 valence electrons. The molecule has 2 aliphatic heterocycles. The van der Waals surface area contributed by atoms with Gasteiger partial charge >= 0.3 is 13.6 Å². The van der Waals surface area contributed by atoms with Gasteiger partial charge in [-0.15, -0.1) is 0 Å². The van der Waals surface area contributed by atoms with Crippen LogP contribution in [-0.4, -0.2) is 83.2 Å². The standard InChI is InChI=1S/C28H37ClFN4O10PS/c1-4-5-6-7-21(35)40-14-41-45(36,37)15-46(38,39)13-20-23-24(44-28(2,3)43-23)27(42-20)34-9-8-18-22(32-17-10-16(30)11-17)19(12-31)25(29)33-26(18)34/h8-9,16-17,20,23-24,27H,4-7,10-11,13-15H2,1-3H3,(H,32,33)(H,36,37)/t16?,17?,20-,23-,24-,27-/m1/s1. The van der Waals surface area contributed by atoms with Gasteiger partial charge in [0.1, 0.15) is 41.8 Å². The Kier molecular flexibility index (Phi) is 10.4. The minimum Gasteiger partial charge on any atom is -0.438 e. The highest BCUT2D eigenvalue weighted by Gasteiger charge is 2.57. The van der Waals surface area contributed by atoms with Crippen molar-refractivity contribution in [3.8, 4) is 6.07 Å². The minimum absolute atomic E-state index is 0.0866. The maximum absolute atomic E-state index is 13.5. The third kappa shape index (κ3) is 7.85. The normalized spacial score (nSPS) is 28.3. The number of alkyl halides is 1. The van der Waals surface area contributed by atoms with Gasteiger partial charge in [0.25, 0.3) is 0 Å². The van der Waals surface area contributed by atoms with Gasteiger partial charge in [-0.3, -0.25) is 13.9 Å². The summed E-state index contributed by atoms with van der Waals surface area (Å²) in [5.41, 5.74) is -0.431.